The lowest BCUT2D eigenvalue weighted by atomic mass is 10.2. The van der Waals surface area contributed by atoms with E-state index < -0.39 is 24.9 Å². The standard InChI is InChI=1S/C11H12F2N2O4/c12-9(13)6-19-4-3-14-10(16)8-2-1-7(5-15-8)11(17)18/h1-2,5,9H,3-4,6H2,(H,14,16)(H,17,18). The number of halogens is 2. The molecule has 1 aromatic heterocycles. The number of hydrogen-bond acceptors (Lipinski definition) is 4. The third-order valence-corrected chi connectivity index (χ3v) is 2.02. The van der Waals surface area contributed by atoms with Gasteiger partial charge in [0.2, 0.25) is 0 Å². The van der Waals surface area contributed by atoms with Crippen molar-refractivity contribution >= 4 is 11.9 Å². The summed E-state index contributed by atoms with van der Waals surface area (Å²) in [5.41, 5.74) is 0.00989. The van der Waals surface area contributed by atoms with Crippen molar-refractivity contribution in [2.45, 2.75) is 6.43 Å². The van der Waals surface area contributed by atoms with Crippen molar-refractivity contribution in [2.75, 3.05) is 19.8 Å². The summed E-state index contributed by atoms with van der Waals surface area (Å²) in [4.78, 5) is 25.7. The summed E-state index contributed by atoms with van der Waals surface area (Å²) in [6.45, 7) is -0.654. The molecule has 0 spiro atoms. The Kier molecular flexibility index (Phi) is 5.80. The first kappa shape index (κ1) is 15.0. The van der Waals surface area contributed by atoms with Crippen molar-refractivity contribution in [1.82, 2.24) is 10.3 Å². The van der Waals surface area contributed by atoms with E-state index in [0.29, 0.717) is 0 Å². The van der Waals surface area contributed by atoms with Gasteiger partial charge in [-0.05, 0) is 12.1 Å². The van der Waals surface area contributed by atoms with Crippen LogP contribution in [0.5, 0.6) is 0 Å². The highest BCUT2D eigenvalue weighted by atomic mass is 19.3. The van der Waals surface area contributed by atoms with Crippen LogP contribution >= 0.6 is 0 Å². The third kappa shape index (κ3) is 5.38. The molecule has 1 heterocycles. The van der Waals surface area contributed by atoms with Crippen LogP contribution in [-0.4, -0.2) is 48.2 Å². The van der Waals surface area contributed by atoms with E-state index in [2.05, 4.69) is 15.0 Å². The monoisotopic (exact) mass is 274 g/mol. The fourth-order valence-corrected chi connectivity index (χ4v) is 1.15. The molecule has 0 saturated heterocycles. The fourth-order valence-electron chi connectivity index (χ4n) is 1.15. The molecule has 0 bridgehead atoms. The van der Waals surface area contributed by atoms with Gasteiger partial charge in [-0.2, -0.15) is 0 Å². The van der Waals surface area contributed by atoms with Gasteiger partial charge in [-0.3, -0.25) is 9.78 Å². The highest BCUT2D eigenvalue weighted by molar-refractivity contribution is 5.93. The highest BCUT2D eigenvalue weighted by Crippen LogP contribution is 2.00. The van der Waals surface area contributed by atoms with Crippen molar-refractivity contribution in [3.63, 3.8) is 0 Å². The number of nitrogens with one attached hydrogen (secondary N) is 1. The Morgan fingerprint density at radius 3 is 2.68 bits per heavy atom. The molecule has 1 rings (SSSR count). The third-order valence-electron chi connectivity index (χ3n) is 2.02. The average molecular weight is 274 g/mol. The Bertz CT molecular complexity index is 437. The number of carboxylic acid groups (broad SMARTS) is 1. The highest BCUT2D eigenvalue weighted by Gasteiger charge is 2.09. The van der Waals surface area contributed by atoms with E-state index in [1.54, 1.807) is 0 Å². The number of rotatable bonds is 7. The van der Waals surface area contributed by atoms with Gasteiger partial charge in [0.05, 0.1) is 12.2 Å². The molecule has 0 radical (unpaired) electrons. The number of hydrogen-bond donors (Lipinski definition) is 2. The molecule has 2 N–H and O–H groups in total. The summed E-state index contributed by atoms with van der Waals surface area (Å²) in [5, 5.41) is 11.0. The van der Waals surface area contributed by atoms with E-state index in [-0.39, 0.29) is 24.4 Å². The van der Waals surface area contributed by atoms with Crippen LogP contribution in [0.15, 0.2) is 18.3 Å². The van der Waals surface area contributed by atoms with Crippen LogP contribution in [0.4, 0.5) is 8.78 Å². The molecular formula is C11H12F2N2O4. The number of carboxylic acids is 1. The molecule has 0 saturated carbocycles. The Labute approximate surface area is 107 Å². The Balaban J connectivity index is 2.35. The van der Waals surface area contributed by atoms with Crippen LogP contribution in [0.1, 0.15) is 20.8 Å². The van der Waals surface area contributed by atoms with Crippen LogP contribution in [0.25, 0.3) is 0 Å². The summed E-state index contributed by atoms with van der Waals surface area (Å²) in [5.74, 6) is -1.67. The number of aromatic carboxylic acids is 1. The average Bonchev–Trinajstić information content (AvgIpc) is 2.37. The molecule has 19 heavy (non-hydrogen) atoms. The molecular weight excluding hydrogens is 262 g/mol. The molecule has 0 aliphatic carbocycles. The molecule has 0 aliphatic heterocycles. The van der Waals surface area contributed by atoms with Crippen molar-refractivity contribution in [3.05, 3.63) is 29.6 Å². The topological polar surface area (TPSA) is 88.5 Å². The second-order valence-corrected chi connectivity index (χ2v) is 3.46. The van der Waals surface area contributed by atoms with Crippen LogP contribution in [0.3, 0.4) is 0 Å². The van der Waals surface area contributed by atoms with Crippen molar-refractivity contribution in [1.29, 1.82) is 0 Å². The van der Waals surface area contributed by atoms with Gasteiger partial charge < -0.3 is 15.2 Å². The van der Waals surface area contributed by atoms with E-state index in [1.807, 2.05) is 0 Å². The zero-order valence-corrected chi connectivity index (χ0v) is 9.81. The summed E-state index contributed by atoms with van der Waals surface area (Å²) in [7, 11) is 0. The van der Waals surface area contributed by atoms with Crippen molar-refractivity contribution in [2.24, 2.45) is 0 Å². The SMILES string of the molecule is O=C(O)c1ccc(C(=O)NCCOCC(F)F)nc1. The minimum absolute atomic E-state index is 0.0307. The summed E-state index contributed by atoms with van der Waals surface area (Å²) in [6.07, 6.45) is -1.48. The Morgan fingerprint density at radius 1 is 1.42 bits per heavy atom. The molecule has 1 amide bonds. The Hall–Kier alpha value is -2.09. The lowest BCUT2D eigenvalue weighted by Gasteiger charge is -2.05. The van der Waals surface area contributed by atoms with Crippen LogP contribution in [0.2, 0.25) is 0 Å². The first-order chi connectivity index (χ1) is 9.00. The molecule has 0 aromatic carbocycles. The second kappa shape index (κ2) is 7.37. The maximum Gasteiger partial charge on any atom is 0.337 e. The Morgan fingerprint density at radius 2 is 2.16 bits per heavy atom. The van der Waals surface area contributed by atoms with E-state index in [0.717, 1.165) is 6.20 Å². The predicted octanol–water partition coefficient (Wildman–Crippen LogP) is 0.791. The largest absolute Gasteiger partial charge is 0.478 e. The molecule has 8 heteroatoms. The zero-order valence-electron chi connectivity index (χ0n) is 9.81. The van der Waals surface area contributed by atoms with E-state index in [1.165, 1.54) is 12.1 Å². The van der Waals surface area contributed by atoms with Gasteiger partial charge in [-0.15, -0.1) is 0 Å². The predicted molar refractivity (Wildman–Crippen MR) is 60.4 cm³/mol. The fraction of sp³-hybridized carbons (Fsp3) is 0.364. The first-order valence-electron chi connectivity index (χ1n) is 5.34. The van der Waals surface area contributed by atoms with Gasteiger partial charge in [0.15, 0.2) is 0 Å². The van der Waals surface area contributed by atoms with Gasteiger partial charge in [-0.25, -0.2) is 13.6 Å². The molecule has 104 valence electrons. The van der Waals surface area contributed by atoms with Crippen molar-refractivity contribution in [3.8, 4) is 0 Å². The molecule has 0 fully saturated rings. The first-order valence-corrected chi connectivity index (χ1v) is 5.34. The summed E-state index contributed by atoms with van der Waals surface area (Å²) >= 11 is 0. The molecule has 0 aliphatic rings. The lowest BCUT2D eigenvalue weighted by Crippen LogP contribution is -2.28. The van der Waals surface area contributed by atoms with Crippen LogP contribution < -0.4 is 5.32 Å². The molecule has 6 nitrogen and oxygen atoms in total. The van der Waals surface area contributed by atoms with Gasteiger partial charge in [0.25, 0.3) is 12.3 Å². The van der Waals surface area contributed by atoms with Gasteiger partial charge in [0, 0.05) is 12.7 Å². The number of nitrogens with zero attached hydrogens (tertiary/aromatic N) is 1. The number of alkyl halides is 2. The van der Waals surface area contributed by atoms with E-state index >= 15 is 0 Å². The van der Waals surface area contributed by atoms with Crippen LogP contribution in [0, 0.1) is 0 Å². The molecule has 0 unspecified atom stereocenters. The zero-order chi connectivity index (χ0) is 14.3. The molecule has 1 aromatic rings. The second-order valence-electron chi connectivity index (χ2n) is 3.46. The maximum absolute atomic E-state index is 11.7. The minimum Gasteiger partial charge on any atom is -0.478 e. The number of ether oxygens (including phenoxy) is 1. The van der Waals surface area contributed by atoms with Crippen LogP contribution in [-0.2, 0) is 4.74 Å². The number of carbonyl (C=O) groups is 2. The van der Waals surface area contributed by atoms with Crippen molar-refractivity contribution < 1.29 is 28.2 Å². The number of aromatic nitrogens is 1. The van der Waals surface area contributed by atoms with Gasteiger partial charge in [0.1, 0.15) is 12.3 Å². The minimum atomic E-state index is -2.54. The smallest absolute Gasteiger partial charge is 0.337 e. The van der Waals surface area contributed by atoms with Gasteiger partial charge >= 0.3 is 5.97 Å². The van der Waals surface area contributed by atoms with E-state index in [4.69, 9.17) is 5.11 Å². The number of carbonyl (C=O) groups excluding carboxylic acids is 1. The maximum atomic E-state index is 11.7. The number of pyridine rings is 1. The van der Waals surface area contributed by atoms with Gasteiger partial charge in [-0.1, -0.05) is 0 Å². The lowest BCUT2D eigenvalue weighted by molar-refractivity contribution is 0.0188. The summed E-state index contributed by atoms with van der Waals surface area (Å²) in [6, 6.07) is 2.51. The number of amides is 1. The molecule has 0 atom stereocenters. The summed E-state index contributed by atoms with van der Waals surface area (Å²) < 4.78 is 28.0. The normalized spacial score (nSPS) is 10.5. The quantitative estimate of drug-likeness (QED) is 0.718. The van der Waals surface area contributed by atoms with E-state index in [9.17, 15) is 18.4 Å².